The first-order valence-electron chi connectivity index (χ1n) is 6.38. The van der Waals surface area contributed by atoms with Crippen LogP contribution >= 0.6 is 0 Å². The summed E-state index contributed by atoms with van der Waals surface area (Å²) in [6.45, 7) is 1.98. The Bertz CT molecular complexity index is 528. The number of aliphatic hydroxyl groups is 1. The Morgan fingerprint density at radius 2 is 2.05 bits per heavy atom. The Labute approximate surface area is 113 Å². The maximum absolute atomic E-state index is 12.4. The Morgan fingerprint density at radius 1 is 1.37 bits per heavy atom. The van der Waals surface area contributed by atoms with Gasteiger partial charge in [-0.05, 0) is 18.6 Å². The largest absolute Gasteiger partial charge is 0.362 e. The molecule has 1 atom stereocenters. The molecule has 3 heteroatoms. The number of benzene rings is 1. The summed E-state index contributed by atoms with van der Waals surface area (Å²) in [5.41, 5.74) is 2.24. The molecule has 0 spiro atoms. The van der Waals surface area contributed by atoms with E-state index in [0.717, 1.165) is 5.57 Å². The average molecular weight is 258 g/mol. The fraction of sp³-hybridized carbons (Fsp3) is 0.312. The van der Waals surface area contributed by atoms with Crippen molar-refractivity contribution in [2.24, 2.45) is 0 Å². The number of methoxy groups -OCH3 is 1. The van der Waals surface area contributed by atoms with Gasteiger partial charge in [-0.15, -0.1) is 0 Å². The lowest BCUT2D eigenvalue weighted by atomic mass is 9.87. The highest BCUT2D eigenvalue weighted by Crippen LogP contribution is 2.31. The zero-order valence-electron chi connectivity index (χ0n) is 11.2. The molecule has 1 aromatic rings. The molecule has 1 aromatic carbocycles. The molecule has 0 heterocycles. The molecule has 0 amide bonds. The topological polar surface area (TPSA) is 46.5 Å². The van der Waals surface area contributed by atoms with E-state index in [0.29, 0.717) is 24.0 Å². The molecular weight excluding hydrogens is 240 g/mol. The second-order valence-electron chi connectivity index (χ2n) is 4.62. The first-order chi connectivity index (χ1) is 9.09. The first-order valence-corrected chi connectivity index (χ1v) is 6.38. The van der Waals surface area contributed by atoms with Crippen molar-refractivity contribution in [2.75, 3.05) is 7.11 Å². The van der Waals surface area contributed by atoms with Crippen molar-refractivity contribution in [2.45, 2.75) is 25.6 Å². The molecule has 0 saturated carbocycles. The maximum atomic E-state index is 12.4. The Hall–Kier alpha value is -1.71. The van der Waals surface area contributed by atoms with E-state index in [1.54, 1.807) is 24.3 Å². The number of carbonyl (C=O) groups excluding carboxylic acids is 1. The van der Waals surface area contributed by atoms with Gasteiger partial charge in [0.05, 0.1) is 0 Å². The van der Waals surface area contributed by atoms with E-state index in [-0.39, 0.29) is 5.78 Å². The van der Waals surface area contributed by atoms with Crippen molar-refractivity contribution in [3.8, 4) is 0 Å². The molecule has 2 rings (SSSR count). The fourth-order valence-corrected chi connectivity index (χ4v) is 2.23. The van der Waals surface area contributed by atoms with Crippen LogP contribution in [0.25, 0.3) is 0 Å². The molecule has 0 fully saturated rings. The van der Waals surface area contributed by atoms with E-state index in [1.165, 1.54) is 7.11 Å². The van der Waals surface area contributed by atoms with Crippen LogP contribution in [0.3, 0.4) is 0 Å². The van der Waals surface area contributed by atoms with Gasteiger partial charge in [0.2, 0.25) is 0 Å². The van der Waals surface area contributed by atoms with Gasteiger partial charge in [0.1, 0.15) is 0 Å². The Morgan fingerprint density at radius 3 is 2.63 bits per heavy atom. The number of ether oxygens (including phenoxy) is 1. The first kappa shape index (κ1) is 13.7. The minimum atomic E-state index is -1.29. The lowest BCUT2D eigenvalue weighted by Gasteiger charge is -2.28. The predicted octanol–water partition coefficient (Wildman–Crippen LogP) is 2.87. The number of carbonyl (C=O) groups is 1. The number of Topliss-reactive ketones (excluding diaryl/α,β-unsaturated/α-hetero) is 1. The maximum Gasteiger partial charge on any atom is 0.192 e. The van der Waals surface area contributed by atoms with Crippen molar-refractivity contribution in [1.82, 2.24) is 0 Å². The van der Waals surface area contributed by atoms with Crippen LogP contribution in [0.5, 0.6) is 0 Å². The van der Waals surface area contributed by atoms with Crippen LogP contribution in [0.15, 0.2) is 53.6 Å². The number of hydrogen-bond donors (Lipinski definition) is 1. The van der Waals surface area contributed by atoms with Gasteiger partial charge in [0, 0.05) is 24.7 Å². The van der Waals surface area contributed by atoms with Gasteiger partial charge in [-0.1, -0.05) is 42.8 Å². The molecule has 0 radical (unpaired) electrons. The molecule has 3 nitrogen and oxygen atoms in total. The normalized spacial score (nSPS) is 22.7. The van der Waals surface area contributed by atoms with Crippen molar-refractivity contribution in [1.29, 1.82) is 0 Å². The molecule has 0 aliphatic heterocycles. The summed E-state index contributed by atoms with van der Waals surface area (Å²) in [5.74, 6) is -1.29. The highest BCUT2D eigenvalue weighted by molar-refractivity contribution is 6.11. The van der Waals surface area contributed by atoms with E-state index in [9.17, 15) is 9.90 Å². The summed E-state index contributed by atoms with van der Waals surface area (Å²) < 4.78 is 5.07. The van der Waals surface area contributed by atoms with Gasteiger partial charge >= 0.3 is 0 Å². The monoisotopic (exact) mass is 258 g/mol. The minimum absolute atomic E-state index is 0.00754. The molecule has 1 aliphatic rings. The van der Waals surface area contributed by atoms with Crippen LogP contribution in [-0.2, 0) is 4.74 Å². The minimum Gasteiger partial charge on any atom is -0.362 e. The lowest BCUT2D eigenvalue weighted by Crippen LogP contribution is -2.31. The van der Waals surface area contributed by atoms with Gasteiger partial charge in [-0.3, -0.25) is 4.79 Å². The van der Waals surface area contributed by atoms with Gasteiger partial charge in [-0.25, -0.2) is 0 Å². The number of ketones is 1. The number of hydrogen-bond acceptors (Lipinski definition) is 3. The second-order valence-corrected chi connectivity index (χ2v) is 4.62. The van der Waals surface area contributed by atoms with Crippen LogP contribution in [0, 0.1) is 0 Å². The van der Waals surface area contributed by atoms with Crippen LogP contribution in [0.2, 0.25) is 0 Å². The number of rotatable bonds is 4. The van der Waals surface area contributed by atoms with Crippen LogP contribution in [0.4, 0.5) is 0 Å². The molecule has 1 N–H and O–H groups in total. The standard InChI is InChI=1S/C16H18O3/c1-3-12-11-16(18,19-2)10-9-14(12)15(17)13-7-5-4-6-8-13/h4-10,18H,3,11H2,1-2H3. The zero-order chi connectivity index (χ0) is 13.9. The van der Waals surface area contributed by atoms with Crippen LogP contribution in [-0.4, -0.2) is 23.8 Å². The van der Waals surface area contributed by atoms with Gasteiger partial charge < -0.3 is 9.84 Å². The highest BCUT2D eigenvalue weighted by Gasteiger charge is 2.30. The van der Waals surface area contributed by atoms with Crippen molar-refractivity contribution in [3.05, 3.63) is 59.2 Å². The third-order valence-corrected chi connectivity index (χ3v) is 3.42. The molecule has 0 saturated heterocycles. The van der Waals surface area contributed by atoms with E-state index in [2.05, 4.69) is 0 Å². The third-order valence-electron chi connectivity index (χ3n) is 3.42. The quantitative estimate of drug-likeness (QED) is 0.667. The molecule has 0 aromatic heterocycles. The van der Waals surface area contributed by atoms with E-state index in [1.807, 2.05) is 25.1 Å². The third kappa shape index (κ3) is 2.83. The van der Waals surface area contributed by atoms with E-state index < -0.39 is 5.79 Å². The fourth-order valence-electron chi connectivity index (χ4n) is 2.23. The molecular formula is C16H18O3. The molecule has 100 valence electrons. The van der Waals surface area contributed by atoms with E-state index in [4.69, 9.17) is 4.74 Å². The smallest absolute Gasteiger partial charge is 0.192 e. The van der Waals surface area contributed by atoms with Crippen molar-refractivity contribution < 1.29 is 14.6 Å². The summed E-state index contributed by atoms with van der Waals surface area (Å²) in [7, 11) is 1.46. The van der Waals surface area contributed by atoms with Gasteiger partial charge in [0.15, 0.2) is 11.6 Å². The van der Waals surface area contributed by atoms with Crippen LogP contribution in [0.1, 0.15) is 30.1 Å². The number of allylic oxidation sites excluding steroid dienone is 2. The molecule has 0 bridgehead atoms. The predicted molar refractivity (Wildman–Crippen MR) is 73.8 cm³/mol. The summed E-state index contributed by atoms with van der Waals surface area (Å²) in [6.07, 6.45) is 4.26. The summed E-state index contributed by atoms with van der Waals surface area (Å²) >= 11 is 0. The average Bonchev–Trinajstić information content (AvgIpc) is 2.47. The van der Waals surface area contributed by atoms with Crippen molar-refractivity contribution >= 4 is 5.78 Å². The molecule has 1 aliphatic carbocycles. The summed E-state index contributed by atoms with van der Waals surface area (Å²) in [4.78, 5) is 12.4. The Balaban J connectivity index is 2.34. The molecule has 1 unspecified atom stereocenters. The second kappa shape index (κ2) is 5.51. The van der Waals surface area contributed by atoms with Gasteiger partial charge in [0.25, 0.3) is 0 Å². The Kier molecular flexibility index (Phi) is 3.98. The van der Waals surface area contributed by atoms with Crippen molar-refractivity contribution in [3.63, 3.8) is 0 Å². The van der Waals surface area contributed by atoms with E-state index >= 15 is 0 Å². The molecule has 19 heavy (non-hydrogen) atoms. The van der Waals surface area contributed by atoms with Crippen LogP contribution < -0.4 is 0 Å². The summed E-state index contributed by atoms with van der Waals surface area (Å²) in [6, 6.07) is 9.17. The van der Waals surface area contributed by atoms with Gasteiger partial charge in [-0.2, -0.15) is 0 Å². The summed E-state index contributed by atoms with van der Waals surface area (Å²) in [5, 5.41) is 10.1. The SMILES string of the molecule is CCC1=C(C(=O)c2ccccc2)C=CC(O)(OC)C1. The zero-order valence-corrected chi connectivity index (χ0v) is 11.2. The highest BCUT2D eigenvalue weighted by atomic mass is 16.6. The lowest BCUT2D eigenvalue weighted by molar-refractivity contribution is -0.145.